The average Bonchev–Trinajstić information content (AvgIpc) is 3.18. The van der Waals surface area contributed by atoms with Crippen LogP contribution in [-0.2, 0) is 4.74 Å². The molecule has 1 aromatic carbocycles. The molecule has 2 fully saturated rings. The minimum atomic E-state index is -0.00420. The predicted molar refractivity (Wildman–Crippen MR) is 142 cm³/mol. The predicted octanol–water partition coefficient (Wildman–Crippen LogP) is 4.02. The van der Waals surface area contributed by atoms with Crippen molar-refractivity contribution in [2.24, 2.45) is 0 Å². The van der Waals surface area contributed by atoms with E-state index in [9.17, 15) is 0 Å². The van der Waals surface area contributed by atoms with Crippen molar-refractivity contribution in [3.63, 3.8) is 0 Å². The van der Waals surface area contributed by atoms with Gasteiger partial charge in [0.15, 0.2) is 5.11 Å². The number of aromatic nitrogens is 1. The van der Waals surface area contributed by atoms with Gasteiger partial charge in [-0.15, -0.1) is 0 Å². The Morgan fingerprint density at radius 1 is 1.15 bits per heavy atom. The summed E-state index contributed by atoms with van der Waals surface area (Å²) in [5.74, 6) is 0. The fourth-order valence-electron chi connectivity index (χ4n) is 5.44. The van der Waals surface area contributed by atoms with E-state index >= 15 is 0 Å². The van der Waals surface area contributed by atoms with Crippen LogP contribution in [0.3, 0.4) is 0 Å². The average molecular weight is 478 g/mol. The highest BCUT2D eigenvalue weighted by Gasteiger charge is 2.40. The number of allylic oxidation sites excluding steroid dienone is 1. The van der Waals surface area contributed by atoms with Crippen LogP contribution in [0.15, 0.2) is 48.7 Å². The third kappa shape index (κ3) is 4.32. The SMILES string of the molecule is CC1=CC(C)(C)N(C)c2ccc([C@H]3[C@@H](c4ccccn4)NC(=S)N3CCN3CCOCC3)cc21. The van der Waals surface area contributed by atoms with Gasteiger partial charge in [0.2, 0.25) is 0 Å². The molecule has 6 nitrogen and oxygen atoms in total. The molecule has 0 saturated carbocycles. The van der Waals surface area contributed by atoms with Gasteiger partial charge in [0.1, 0.15) is 0 Å². The molecule has 0 radical (unpaired) electrons. The number of hydrogen-bond donors (Lipinski definition) is 1. The van der Waals surface area contributed by atoms with Gasteiger partial charge in [-0.3, -0.25) is 9.88 Å². The number of anilines is 1. The number of morpholine rings is 1. The van der Waals surface area contributed by atoms with Crippen molar-refractivity contribution in [1.82, 2.24) is 20.1 Å². The molecule has 3 aliphatic rings. The van der Waals surface area contributed by atoms with Gasteiger partial charge in [0.05, 0.1) is 36.5 Å². The second-order valence-electron chi connectivity index (χ2n) is 10.1. The number of hydrogen-bond acceptors (Lipinski definition) is 5. The molecule has 180 valence electrons. The molecule has 0 unspecified atom stereocenters. The lowest BCUT2D eigenvalue weighted by atomic mass is 9.86. The van der Waals surface area contributed by atoms with Crippen molar-refractivity contribution in [2.75, 3.05) is 51.3 Å². The second-order valence-corrected chi connectivity index (χ2v) is 10.5. The van der Waals surface area contributed by atoms with Gasteiger partial charge in [0, 0.05) is 50.7 Å². The van der Waals surface area contributed by atoms with Crippen LogP contribution < -0.4 is 10.2 Å². The molecular weight excluding hydrogens is 442 g/mol. The summed E-state index contributed by atoms with van der Waals surface area (Å²) in [7, 11) is 2.18. The molecule has 34 heavy (non-hydrogen) atoms. The van der Waals surface area contributed by atoms with Crippen LogP contribution in [0.1, 0.15) is 49.7 Å². The van der Waals surface area contributed by atoms with Crippen molar-refractivity contribution < 1.29 is 4.74 Å². The number of nitrogens with one attached hydrogen (secondary N) is 1. The molecule has 0 spiro atoms. The maximum absolute atomic E-state index is 5.88. The summed E-state index contributed by atoms with van der Waals surface area (Å²) >= 11 is 5.88. The molecule has 2 atom stereocenters. The van der Waals surface area contributed by atoms with Gasteiger partial charge in [0.25, 0.3) is 0 Å². The van der Waals surface area contributed by atoms with Crippen LogP contribution in [0.4, 0.5) is 5.69 Å². The molecule has 5 rings (SSSR count). The molecule has 1 N–H and O–H groups in total. The Balaban J connectivity index is 1.50. The quantitative estimate of drug-likeness (QED) is 0.653. The zero-order valence-electron chi connectivity index (χ0n) is 20.6. The third-order valence-corrected chi connectivity index (χ3v) is 7.89. The monoisotopic (exact) mass is 477 g/mol. The van der Waals surface area contributed by atoms with E-state index in [2.05, 4.69) is 84.2 Å². The van der Waals surface area contributed by atoms with Crippen LogP contribution in [0.2, 0.25) is 0 Å². The summed E-state index contributed by atoms with van der Waals surface area (Å²) in [6.45, 7) is 12.2. The largest absolute Gasteiger partial charge is 0.379 e. The lowest BCUT2D eigenvalue weighted by molar-refractivity contribution is 0.0350. The summed E-state index contributed by atoms with van der Waals surface area (Å²) in [5.41, 5.74) is 6.18. The molecule has 7 heteroatoms. The fraction of sp³-hybridized carbons (Fsp3) is 0.481. The van der Waals surface area contributed by atoms with E-state index < -0.39 is 0 Å². The van der Waals surface area contributed by atoms with E-state index in [1.807, 2.05) is 12.3 Å². The summed E-state index contributed by atoms with van der Waals surface area (Å²) in [4.78, 5) is 11.9. The first-order valence-corrected chi connectivity index (χ1v) is 12.6. The normalized spacial score (nSPS) is 24.6. The van der Waals surface area contributed by atoms with E-state index in [0.717, 1.165) is 50.2 Å². The molecule has 2 saturated heterocycles. The Morgan fingerprint density at radius 3 is 2.68 bits per heavy atom. The maximum Gasteiger partial charge on any atom is 0.170 e. The standard InChI is InChI=1S/C27H35N5OS/c1-19-18-27(2,3)30(4)23-9-8-20(17-21(19)23)25-24(22-7-5-6-10-28-22)29-26(34)32(25)12-11-31-13-15-33-16-14-31/h5-10,17-18,24-25H,11-16H2,1-4H3,(H,29,34)/t24-,25+/m1/s1. The van der Waals surface area contributed by atoms with E-state index in [1.54, 1.807) is 0 Å². The van der Waals surface area contributed by atoms with Gasteiger partial charge in [-0.2, -0.15) is 0 Å². The minimum absolute atomic E-state index is 0.00420. The van der Waals surface area contributed by atoms with Crippen LogP contribution >= 0.6 is 12.2 Å². The van der Waals surface area contributed by atoms with Crippen molar-refractivity contribution >= 4 is 28.6 Å². The van der Waals surface area contributed by atoms with E-state index in [0.29, 0.717) is 0 Å². The Hall–Kier alpha value is -2.48. The van der Waals surface area contributed by atoms with E-state index in [1.165, 1.54) is 22.4 Å². The highest BCUT2D eigenvalue weighted by atomic mass is 32.1. The fourth-order valence-corrected chi connectivity index (χ4v) is 5.78. The first-order valence-electron chi connectivity index (χ1n) is 12.2. The number of rotatable bonds is 5. The highest BCUT2D eigenvalue weighted by Crippen LogP contribution is 2.43. The topological polar surface area (TPSA) is 43.9 Å². The molecular formula is C27H35N5OS. The molecule has 0 aliphatic carbocycles. The number of nitrogens with zero attached hydrogens (tertiary/aromatic N) is 4. The van der Waals surface area contributed by atoms with Crippen LogP contribution in [0.25, 0.3) is 5.57 Å². The number of thiocarbonyl (C=S) groups is 1. The van der Waals surface area contributed by atoms with Crippen molar-refractivity contribution in [3.05, 3.63) is 65.5 Å². The molecule has 3 aliphatic heterocycles. The molecule has 4 heterocycles. The van der Waals surface area contributed by atoms with Crippen LogP contribution in [0.5, 0.6) is 0 Å². The number of likely N-dealkylation sites (N-methyl/N-ethyl adjacent to an activating group) is 1. The van der Waals surface area contributed by atoms with Crippen molar-refractivity contribution in [1.29, 1.82) is 0 Å². The summed E-state index contributed by atoms with van der Waals surface area (Å²) in [6.07, 6.45) is 4.23. The van der Waals surface area contributed by atoms with Gasteiger partial charge in [-0.05, 0) is 68.4 Å². The van der Waals surface area contributed by atoms with E-state index in [4.69, 9.17) is 21.9 Å². The molecule has 2 aromatic rings. The Morgan fingerprint density at radius 2 is 1.94 bits per heavy atom. The summed E-state index contributed by atoms with van der Waals surface area (Å²) < 4.78 is 5.53. The van der Waals surface area contributed by atoms with Gasteiger partial charge >= 0.3 is 0 Å². The number of fused-ring (bicyclic) bond motifs is 1. The number of ether oxygens (including phenoxy) is 1. The Bertz CT molecular complexity index is 1080. The zero-order valence-corrected chi connectivity index (χ0v) is 21.4. The molecule has 1 aromatic heterocycles. The van der Waals surface area contributed by atoms with Crippen molar-refractivity contribution in [2.45, 2.75) is 38.4 Å². The lowest BCUT2D eigenvalue weighted by Gasteiger charge is -2.41. The summed E-state index contributed by atoms with van der Waals surface area (Å²) in [5, 5.41) is 4.40. The van der Waals surface area contributed by atoms with Gasteiger partial charge in [-0.25, -0.2) is 0 Å². The van der Waals surface area contributed by atoms with Crippen LogP contribution in [-0.4, -0.2) is 71.9 Å². The molecule has 0 amide bonds. The maximum atomic E-state index is 5.88. The summed E-state index contributed by atoms with van der Waals surface area (Å²) in [6, 6.07) is 13.1. The number of pyridine rings is 1. The minimum Gasteiger partial charge on any atom is -0.379 e. The second kappa shape index (κ2) is 9.29. The lowest BCUT2D eigenvalue weighted by Crippen LogP contribution is -2.43. The molecule has 0 bridgehead atoms. The third-order valence-electron chi connectivity index (χ3n) is 7.54. The van der Waals surface area contributed by atoms with Gasteiger partial charge < -0.3 is 19.9 Å². The van der Waals surface area contributed by atoms with E-state index in [-0.39, 0.29) is 17.6 Å². The Kier molecular flexibility index (Phi) is 6.35. The smallest absolute Gasteiger partial charge is 0.170 e. The van der Waals surface area contributed by atoms with Crippen molar-refractivity contribution in [3.8, 4) is 0 Å². The highest BCUT2D eigenvalue weighted by molar-refractivity contribution is 7.80. The van der Waals surface area contributed by atoms with Gasteiger partial charge in [-0.1, -0.05) is 18.2 Å². The zero-order chi connectivity index (χ0) is 23.9. The first-order chi connectivity index (χ1) is 16.3. The number of benzene rings is 1. The Labute approximate surface area is 208 Å². The first kappa shape index (κ1) is 23.3. The van der Waals surface area contributed by atoms with Crippen LogP contribution in [0, 0.1) is 0 Å².